The minimum absolute atomic E-state index is 0.694. The second kappa shape index (κ2) is 3.90. The highest BCUT2D eigenvalue weighted by Crippen LogP contribution is 2.67. The largest absolute Gasteiger partial charge is 0.492 e. The Bertz CT molecular complexity index is 311. The van der Waals surface area contributed by atoms with Crippen molar-refractivity contribution in [3.63, 3.8) is 0 Å². The van der Waals surface area contributed by atoms with Crippen molar-refractivity contribution in [3.05, 3.63) is 0 Å². The first kappa shape index (κ1) is 11.5. The van der Waals surface area contributed by atoms with Gasteiger partial charge in [0, 0.05) is 0 Å². The average molecular weight is 253 g/mol. The maximum absolute atomic E-state index is 11.1. The van der Waals surface area contributed by atoms with Gasteiger partial charge < -0.3 is 4.89 Å². The fourth-order valence-electron chi connectivity index (χ4n) is 0.487. The Morgan fingerprint density at radius 2 is 2.08 bits per heavy atom. The third-order valence-electron chi connectivity index (χ3n) is 0.847. The van der Waals surface area contributed by atoms with Gasteiger partial charge in [-0.15, -0.1) is 0 Å². The number of phosphoric acid groups is 1. The molecule has 78 valence electrons. The minimum atomic E-state index is -4.32. The van der Waals surface area contributed by atoms with Crippen molar-refractivity contribution in [2.24, 2.45) is 5.50 Å². The van der Waals surface area contributed by atoms with Crippen LogP contribution in [0.3, 0.4) is 0 Å². The summed E-state index contributed by atoms with van der Waals surface area (Å²) in [4.78, 5) is 8.26. The summed E-state index contributed by atoms with van der Waals surface area (Å²) in [6.45, 7) is -0.694. The Morgan fingerprint density at radius 1 is 1.46 bits per heavy atom. The molecule has 0 spiro atoms. The molecule has 0 radical (unpaired) electrons. The van der Waals surface area contributed by atoms with E-state index in [0.29, 0.717) is 0 Å². The van der Waals surface area contributed by atoms with E-state index in [1.807, 2.05) is 0 Å². The van der Waals surface area contributed by atoms with Crippen LogP contribution in [0.5, 0.6) is 0 Å². The zero-order valence-corrected chi connectivity index (χ0v) is 8.77. The van der Waals surface area contributed by atoms with Crippen molar-refractivity contribution in [2.75, 3.05) is 6.79 Å². The normalized spacial score (nSPS) is 42.9. The van der Waals surface area contributed by atoms with Gasteiger partial charge in [-0.25, -0.2) is 18.9 Å². The lowest BCUT2D eigenvalue weighted by Gasteiger charge is -2.24. The van der Waals surface area contributed by atoms with Crippen LogP contribution in [-0.4, -0.2) is 11.7 Å². The molecule has 1 aliphatic rings. The van der Waals surface area contributed by atoms with Gasteiger partial charge in [0.15, 0.2) is 6.79 Å². The van der Waals surface area contributed by atoms with Gasteiger partial charge in [-0.3, -0.25) is 13.6 Å². The van der Waals surface area contributed by atoms with Crippen molar-refractivity contribution in [1.82, 2.24) is 0 Å². The van der Waals surface area contributed by atoms with E-state index in [2.05, 4.69) is 17.7 Å². The number of hydrogen-bond donors (Lipinski definition) is 2. The molecule has 3 atom stereocenters. The first-order valence-corrected chi connectivity index (χ1v) is 7.08. The van der Waals surface area contributed by atoms with Crippen LogP contribution in [0.1, 0.15) is 0 Å². The molecule has 0 aromatic heterocycles. The molecule has 0 saturated carbocycles. The van der Waals surface area contributed by atoms with E-state index in [0.717, 1.165) is 0 Å². The van der Waals surface area contributed by atoms with E-state index < -0.39 is 30.6 Å². The summed E-state index contributed by atoms with van der Waals surface area (Å²) < 4.78 is 48.5. The molecule has 1 rings (SSSR count). The third-order valence-corrected chi connectivity index (χ3v) is 4.96. The molecule has 3 N–H and O–H groups in total. The van der Waals surface area contributed by atoms with Crippen LogP contribution in [0.4, 0.5) is 0 Å². The van der Waals surface area contributed by atoms with Crippen LogP contribution in [0.25, 0.3) is 0 Å². The highest BCUT2D eigenvalue weighted by atomic mass is 31.3. The van der Waals surface area contributed by atoms with Gasteiger partial charge in [0.2, 0.25) is 0 Å². The smallest absolute Gasteiger partial charge is 0.326 e. The molecular weight excluding hydrogens is 247 g/mol. The molecular formula is CH6NO8P3. The Balaban J connectivity index is 2.75. The predicted octanol–water partition coefficient (Wildman–Crippen LogP) is 0.581. The summed E-state index contributed by atoms with van der Waals surface area (Å²) in [6.07, 6.45) is 0. The van der Waals surface area contributed by atoms with Crippen LogP contribution in [0.15, 0.2) is 0 Å². The molecule has 9 nitrogen and oxygen atoms in total. The Morgan fingerprint density at radius 3 is 2.54 bits per heavy atom. The molecule has 0 aromatic carbocycles. The number of hydrogen-bond acceptors (Lipinski definition) is 7. The molecule has 13 heavy (non-hydrogen) atoms. The molecule has 1 saturated heterocycles. The van der Waals surface area contributed by atoms with Crippen molar-refractivity contribution >= 4 is 23.8 Å². The second-order valence-electron chi connectivity index (χ2n) is 1.80. The van der Waals surface area contributed by atoms with Gasteiger partial charge in [0.1, 0.15) is 0 Å². The van der Waals surface area contributed by atoms with E-state index in [1.165, 1.54) is 0 Å². The van der Waals surface area contributed by atoms with Crippen LogP contribution < -0.4 is 5.50 Å². The van der Waals surface area contributed by atoms with Crippen molar-refractivity contribution in [2.45, 2.75) is 0 Å². The molecule has 3 unspecified atom stereocenters. The summed E-state index contributed by atoms with van der Waals surface area (Å²) in [7, 11) is -11.9. The van der Waals surface area contributed by atoms with E-state index in [-0.39, 0.29) is 0 Å². The molecule has 0 amide bonds. The Kier molecular flexibility index (Phi) is 3.46. The summed E-state index contributed by atoms with van der Waals surface area (Å²) in [5.74, 6) is 0. The topological polar surface area (TPSA) is 134 Å². The van der Waals surface area contributed by atoms with Gasteiger partial charge in [0.05, 0.1) is 0 Å². The summed E-state index contributed by atoms with van der Waals surface area (Å²) >= 11 is 0. The molecule has 0 bridgehead atoms. The lowest BCUT2D eigenvalue weighted by molar-refractivity contribution is 0.0473. The van der Waals surface area contributed by atoms with Gasteiger partial charge in [-0.1, -0.05) is 0 Å². The summed E-state index contributed by atoms with van der Waals surface area (Å²) in [6, 6.07) is 0. The highest BCUT2D eigenvalue weighted by molar-refractivity contribution is 7.66. The number of nitrogens with two attached hydrogens (primary N) is 1. The quantitative estimate of drug-likeness (QED) is 0.677. The highest BCUT2D eigenvalue weighted by Gasteiger charge is 2.42. The van der Waals surface area contributed by atoms with Crippen LogP contribution >= 0.6 is 23.8 Å². The summed E-state index contributed by atoms with van der Waals surface area (Å²) in [5, 5.41) is 0. The van der Waals surface area contributed by atoms with Crippen LogP contribution in [-0.2, 0) is 31.4 Å². The van der Waals surface area contributed by atoms with Crippen LogP contribution in [0, 0.1) is 0 Å². The monoisotopic (exact) mass is 253 g/mol. The zero-order valence-electron chi connectivity index (χ0n) is 5.98. The second-order valence-corrected chi connectivity index (χ2v) is 6.21. The maximum atomic E-state index is 11.1. The average Bonchev–Trinajstić information content (AvgIpc) is 1.79. The lowest BCUT2D eigenvalue weighted by atomic mass is 11.6. The van der Waals surface area contributed by atoms with Gasteiger partial charge in [-0.2, -0.15) is 4.31 Å². The predicted molar refractivity (Wildman–Crippen MR) is 39.8 cm³/mol. The molecule has 12 heteroatoms. The van der Waals surface area contributed by atoms with E-state index in [4.69, 9.17) is 10.4 Å². The molecule has 0 aliphatic carbocycles. The molecule has 1 fully saturated rings. The fourth-order valence-corrected chi connectivity index (χ4v) is 3.85. The van der Waals surface area contributed by atoms with Crippen LogP contribution in [0.2, 0.25) is 0 Å². The van der Waals surface area contributed by atoms with Gasteiger partial charge >= 0.3 is 23.8 Å². The van der Waals surface area contributed by atoms with E-state index in [1.54, 1.807) is 0 Å². The third kappa shape index (κ3) is 3.59. The van der Waals surface area contributed by atoms with E-state index >= 15 is 0 Å². The molecule has 1 heterocycles. The first-order valence-electron chi connectivity index (χ1n) is 2.75. The molecule has 0 aromatic rings. The fraction of sp³-hybridized carbons (Fsp3) is 1.00. The lowest BCUT2D eigenvalue weighted by Crippen LogP contribution is -2.12. The minimum Gasteiger partial charge on any atom is -0.326 e. The molecule has 1 aliphatic heterocycles. The van der Waals surface area contributed by atoms with Crippen molar-refractivity contribution in [1.29, 1.82) is 0 Å². The van der Waals surface area contributed by atoms with Crippen molar-refractivity contribution in [3.8, 4) is 0 Å². The van der Waals surface area contributed by atoms with E-state index in [9.17, 15) is 13.7 Å². The SMILES string of the molecule is NP1(=O)OCOP(=O)(O[PH](=O)O)O1. The number of rotatable bonds is 2. The van der Waals surface area contributed by atoms with Crippen molar-refractivity contribution < 1.29 is 36.3 Å². The maximum Gasteiger partial charge on any atom is 0.492 e. The Hall–Kier alpha value is 0.450. The van der Waals surface area contributed by atoms with Gasteiger partial charge in [-0.05, 0) is 0 Å². The zero-order chi connectivity index (χ0) is 10.1. The summed E-state index contributed by atoms with van der Waals surface area (Å²) in [5.41, 5.74) is 4.84. The first-order chi connectivity index (χ1) is 5.83. The standard InChI is InChI=1S/CH6NO8P3/c2-12(5)7-1-8-13(6,10-12)9-11(3)4/h11H,1H2,(H2,2,5)(H,3,4). The van der Waals surface area contributed by atoms with Gasteiger partial charge in [0.25, 0.3) is 0 Å². The Labute approximate surface area is 73.3 Å².